The minimum Gasteiger partial charge on any atom is -0.385 e. The Morgan fingerprint density at radius 2 is 2.00 bits per heavy atom. The van der Waals surface area contributed by atoms with E-state index in [2.05, 4.69) is 34.4 Å². The molecular formula is C13H22N4O. The van der Waals surface area contributed by atoms with Gasteiger partial charge in [-0.05, 0) is 5.92 Å². The number of anilines is 1. The van der Waals surface area contributed by atoms with Crippen molar-refractivity contribution in [3.05, 3.63) is 17.7 Å². The smallest absolute Gasteiger partial charge is 0.272 e. The van der Waals surface area contributed by atoms with Crippen LogP contribution in [0.2, 0.25) is 0 Å². The number of nitrogens with zero attached hydrogens (tertiary/aromatic N) is 2. The van der Waals surface area contributed by atoms with Gasteiger partial charge in [-0.2, -0.15) is 0 Å². The zero-order valence-electron chi connectivity index (χ0n) is 11.7. The van der Waals surface area contributed by atoms with Gasteiger partial charge in [-0.1, -0.05) is 27.7 Å². The molecule has 5 heteroatoms. The Bertz CT molecular complexity index is 415. The summed E-state index contributed by atoms with van der Waals surface area (Å²) in [4.78, 5) is 20.6. The molecule has 2 N–H and O–H groups in total. The summed E-state index contributed by atoms with van der Waals surface area (Å²) in [5.41, 5.74) is 1.07. The van der Waals surface area contributed by atoms with E-state index in [4.69, 9.17) is 0 Å². The SMILES string of the molecule is CNc1cnc(C(C)C)nc1C(=O)NCC(C)C. The van der Waals surface area contributed by atoms with Crippen molar-refractivity contribution in [1.29, 1.82) is 0 Å². The molecule has 1 heterocycles. The largest absolute Gasteiger partial charge is 0.385 e. The molecule has 1 aromatic heterocycles. The first-order chi connectivity index (χ1) is 8.45. The Morgan fingerprint density at radius 3 is 2.50 bits per heavy atom. The molecule has 0 aromatic carbocycles. The highest BCUT2D eigenvalue weighted by Gasteiger charge is 2.15. The summed E-state index contributed by atoms with van der Waals surface area (Å²) in [5.74, 6) is 1.15. The normalized spacial score (nSPS) is 10.8. The number of hydrogen-bond donors (Lipinski definition) is 2. The molecule has 1 amide bonds. The predicted octanol–water partition coefficient (Wildman–Crippen LogP) is 2.03. The maximum Gasteiger partial charge on any atom is 0.272 e. The van der Waals surface area contributed by atoms with Crippen molar-refractivity contribution < 1.29 is 4.79 Å². The van der Waals surface area contributed by atoms with Gasteiger partial charge in [0.25, 0.3) is 5.91 Å². The van der Waals surface area contributed by atoms with Crippen molar-refractivity contribution in [2.24, 2.45) is 5.92 Å². The fraction of sp³-hybridized carbons (Fsp3) is 0.615. The summed E-state index contributed by atoms with van der Waals surface area (Å²) in [6.45, 7) is 8.76. The summed E-state index contributed by atoms with van der Waals surface area (Å²) in [7, 11) is 1.76. The van der Waals surface area contributed by atoms with Gasteiger partial charge in [0.05, 0.1) is 11.9 Å². The standard InChI is InChI=1S/C13H22N4O/c1-8(2)6-16-13(18)11-10(14-5)7-15-12(17-11)9(3)4/h7-9,14H,6H2,1-5H3,(H,16,18). The Morgan fingerprint density at radius 1 is 1.33 bits per heavy atom. The van der Waals surface area contributed by atoms with Gasteiger partial charge in [0, 0.05) is 19.5 Å². The third kappa shape index (κ3) is 3.68. The molecule has 0 aliphatic rings. The Balaban J connectivity index is 2.96. The van der Waals surface area contributed by atoms with Crippen LogP contribution in [0.1, 0.15) is 49.9 Å². The van der Waals surface area contributed by atoms with Crippen molar-refractivity contribution in [3.8, 4) is 0 Å². The summed E-state index contributed by atoms with van der Waals surface area (Å²) >= 11 is 0. The van der Waals surface area contributed by atoms with Crippen LogP contribution in [0.3, 0.4) is 0 Å². The van der Waals surface area contributed by atoms with E-state index in [9.17, 15) is 4.79 Å². The molecule has 0 aliphatic heterocycles. The van der Waals surface area contributed by atoms with Gasteiger partial charge in [-0.15, -0.1) is 0 Å². The van der Waals surface area contributed by atoms with Crippen molar-refractivity contribution in [2.75, 3.05) is 18.9 Å². The first kappa shape index (κ1) is 14.4. The Kier molecular flexibility index (Phi) is 5.07. The molecule has 5 nitrogen and oxygen atoms in total. The van der Waals surface area contributed by atoms with Crippen LogP contribution < -0.4 is 10.6 Å². The van der Waals surface area contributed by atoms with Crippen LogP contribution in [-0.2, 0) is 0 Å². The lowest BCUT2D eigenvalue weighted by Gasteiger charge is -2.12. The van der Waals surface area contributed by atoms with Crippen molar-refractivity contribution >= 4 is 11.6 Å². The molecule has 0 spiro atoms. The quantitative estimate of drug-likeness (QED) is 0.839. The lowest BCUT2D eigenvalue weighted by atomic mass is 10.2. The lowest BCUT2D eigenvalue weighted by Crippen LogP contribution is -2.29. The molecular weight excluding hydrogens is 228 g/mol. The molecule has 0 saturated carbocycles. The second kappa shape index (κ2) is 6.33. The third-order valence-electron chi connectivity index (χ3n) is 2.48. The highest BCUT2D eigenvalue weighted by molar-refractivity contribution is 5.97. The zero-order chi connectivity index (χ0) is 13.7. The van der Waals surface area contributed by atoms with Crippen molar-refractivity contribution in [2.45, 2.75) is 33.6 Å². The van der Waals surface area contributed by atoms with E-state index in [1.165, 1.54) is 0 Å². The van der Waals surface area contributed by atoms with Gasteiger partial charge in [-0.3, -0.25) is 4.79 Å². The van der Waals surface area contributed by atoms with E-state index in [1.54, 1.807) is 13.2 Å². The van der Waals surface area contributed by atoms with E-state index in [1.807, 2.05) is 13.8 Å². The van der Waals surface area contributed by atoms with Crippen LogP contribution in [-0.4, -0.2) is 29.5 Å². The molecule has 0 unspecified atom stereocenters. The number of amides is 1. The first-order valence-corrected chi connectivity index (χ1v) is 6.28. The third-order valence-corrected chi connectivity index (χ3v) is 2.48. The molecule has 1 aromatic rings. The van der Waals surface area contributed by atoms with Crippen LogP contribution >= 0.6 is 0 Å². The van der Waals surface area contributed by atoms with Crippen LogP contribution in [0.15, 0.2) is 6.20 Å². The van der Waals surface area contributed by atoms with Gasteiger partial charge >= 0.3 is 0 Å². The van der Waals surface area contributed by atoms with Crippen LogP contribution in [0.25, 0.3) is 0 Å². The lowest BCUT2D eigenvalue weighted by molar-refractivity contribution is 0.0944. The average molecular weight is 250 g/mol. The van der Waals surface area contributed by atoms with Gasteiger partial charge in [0.15, 0.2) is 5.69 Å². The number of carbonyl (C=O) groups is 1. The number of rotatable bonds is 5. The van der Waals surface area contributed by atoms with Gasteiger partial charge < -0.3 is 10.6 Å². The van der Waals surface area contributed by atoms with Crippen molar-refractivity contribution in [1.82, 2.24) is 15.3 Å². The Hall–Kier alpha value is -1.65. The molecule has 0 bridgehead atoms. The summed E-state index contributed by atoms with van der Waals surface area (Å²) < 4.78 is 0. The topological polar surface area (TPSA) is 66.9 Å². The van der Waals surface area contributed by atoms with E-state index < -0.39 is 0 Å². The van der Waals surface area contributed by atoms with Crippen LogP contribution in [0.5, 0.6) is 0 Å². The number of nitrogens with one attached hydrogen (secondary N) is 2. The van der Waals surface area contributed by atoms with Crippen molar-refractivity contribution in [3.63, 3.8) is 0 Å². The molecule has 0 atom stereocenters. The molecule has 18 heavy (non-hydrogen) atoms. The molecule has 1 rings (SSSR count). The maximum atomic E-state index is 12.1. The number of hydrogen-bond acceptors (Lipinski definition) is 4. The fourth-order valence-electron chi connectivity index (χ4n) is 1.41. The minimum atomic E-state index is -0.155. The van der Waals surface area contributed by atoms with E-state index in [0.717, 1.165) is 0 Å². The first-order valence-electron chi connectivity index (χ1n) is 6.28. The van der Waals surface area contributed by atoms with Gasteiger partial charge in [0.2, 0.25) is 0 Å². The monoisotopic (exact) mass is 250 g/mol. The second-order valence-electron chi connectivity index (χ2n) is 5.00. The van der Waals surface area contributed by atoms with E-state index in [0.29, 0.717) is 29.7 Å². The predicted molar refractivity (Wildman–Crippen MR) is 72.8 cm³/mol. The Labute approximate surface area is 108 Å². The minimum absolute atomic E-state index is 0.155. The molecule has 0 saturated heterocycles. The molecule has 100 valence electrons. The molecule has 0 fully saturated rings. The number of aromatic nitrogens is 2. The fourth-order valence-corrected chi connectivity index (χ4v) is 1.41. The second-order valence-corrected chi connectivity index (χ2v) is 5.00. The maximum absolute atomic E-state index is 12.1. The summed E-state index contributed by atoms with van der Waals surface area (Å²) in [5, 5.41) is 5.81. The molecule has 0 aliphatic carbocycles. The van der Waals surface area contributed by atoms with Crippen LogP contribution in [0.4, 0.5) is 5.69 Å². The number of carbonyl (C=O) groups excluding carboxylic acids is 1. The van der Waals surface area contributed by atoms with E-state index in [-0.39, 0.29) is 11.8 Å². The molecule has 0 radical (unpaired) electrons. The van der Waals surface area contributed by atoms with Crippen LogP contribution in [0, 0.1) is 5.92 Å². The zero-order valence-corrected chi connectivity index (χ0v) is 11.7. The average Bonchev–Trinajstić information content (AvgIpc) is 2.34. The van der Waals surface area contributed by atoms with Gasteiger partial charge in [0.1, 0.15) is 5.82 Å². The van der Waals surface area contributed by atoms with E-state index >= 15 is 0 Å². The van der Waals surface area contributed by atoms with Gasteiger partial charge in [-0.25, -0.2) is 9.97 Å². The highest BCUT2D eigenvalue weighted by atomic mass is 16.1. The summed E-state index contributed by atoms with van der Waals surface area (Å²) in [6.07, 6.45) is 1.66. The summed E-state index contributed by atoms with van der Waals surface area (Å²) in [6, 6.07) is 0. The highest BCUT2D eigenvalue weighted by Crippen LogP contribution is 2.15.